The van der Waals surface area contributed by atoms with Crippen molar-refractivity contribution in [1.82, 2.24) is 9.29 Å². The van der Waals surface area contributed by atoms with Crippen molar-refractivity contribution in [1.29, 1.82) is 0 Å². The van der Waals surface area contributed by atoms with Gasteiger partial charge in [0.25, 0.3) is 0 Å². The average molecular weight is 367 g/mol. The van der Waals surface area contributed by atoms with E-state index in [1.165, 1.54) is 16.7 Å². The largest absolute Gasteiger partial charge is 0.324 e. The molecule has 2 aromatic rings. The topological polar surface area (TPSA) is 97.3 Å². The van der Waals surface area contributed by atoms with Crippen molar-refractivity contribution in [2.45, 2.75) is 37.2 Å². The molecule has 24 heavy (non-hydrogen) atoms. The summed E-state index contributed by atoms with van der Waals surface area (Å²) in [6, 6.07) is 6.08. The maximum Gasteiger partial charge on any atom is 0.307 e. The lowest BCUT2D eigenvalue weighted by atomic mass is 10.3. The van der Waals surface area contributed by atoms with Crippen LogP contribution < -0.4 is 14.9 Å². The molecular formula is C15H17N3O4S2. The monoisotopic (exact) mass is 367 g/mol. The number of anilines is 1. The summed E-state index contributed by atoms with van der Waals surface area (Å²) in [5.74, 6) is -0.386. The van der Waals surface area contributed by atoms with Crippen molar-refractivity contribution >= 4 is 33.0 Å². The molecule has 7 nitrogen and oxygen atoms in total. The van der Waals surface area contributed by atoms with Crippen molar-refractivity contribution < 1.29 is 13.2 Å². The van der Waals surface area contributed by atoms with E-state index in [2.05, 4.69) is 10.0 Å². The van der Waals surface area contributed by atoms with Crippen molar-refractivity contribution in [2.24, 2.45) is 0 Å². The van der Waals surface area contributed by atoms with Crippen LogP contribution in [-0.4, -0.2) is 24.9 Å². The molecule has 0 bridgehead atoms. The molecule has 1 fully saturated rings. The summed E-state index contributed by atoms with van der Waals surface area (Å²) in [4.78, 5) is 23.6. The summed E-state index contributed by atoms with van der Waals surface area (Å²) >= 11 is 1.04. The van der Waals surface area contributed by atoms with Gasteiger partial charge in [-0.3, -0.25) is 14.2 Å². The molecule has 0 atom stereocenters. The van der Waals surface area contributed by atoms with Crippen LogP contribution in [0.3, 0.4) is 0 Å². The van der Waals surface area contributed by atoms with Crippen LogP contribution in [0.5, 0.6) is 0 Å². The fourth-order valence-electron chi connectivity index (χ4n) is 2.17. The van der Waals surface area contributed by atoms with E-state index in [9.17, 15) is 18.0 Å². The predicted octanol–water partition coefficient (Wildman–Crippen LogP) is 1.30. The first-order valence-corrected chi connectivity index (χ1v) is 9.78. The van der Waals surface area contributed by atoms with Gasteiger partial charge in [-0.15, -0.1) is 0 Å². The van der Waals surface area contributed by atoms with Crippen LogP contribution in [0.2, 0.25) is 0 Å². The highest BCUT2D eigenvalue weighted by Crippen LogP contribution is 2.23. The van der Waals surface area contributed by atoms with Gasteiger partial charge in [0.1, 0.15) is 6.54 Å². The molecule has 0 saturated heterocycles. The molecule has 1 aromatic carbocycles. The minimum absolute atomic E-state index is 0.0155. The Morgan fingerprint density at radius 2 is 2.12 bits per heavy atom. The van der Waals surface area contributed by atoms with Crippen molar-refractivity contribution in [2.75, 3.05) is 5.32 Å². The van der Waals surface area contributed by atoms with E-state index < -0.39 is 10.0 Å². The molecule has 1 aromatic heterocycles. The van der Waals surface area contributed by atoms with Crippen LogP contribution in [0.25, 0.3) is 0 Å². The molecule has 0 spiro atoms. The van der Waals surface area contributed by atoms with Gasteiger partial charge in [-0.1, -0.05) is 17.4 Å². The summed E-state index contributed by atoms with van der Waals surface area (Å²) in [7, 11) is -3.57. The van der Waals surface area contributed by atoms with Crippen LogP contribution in [-0.2, 0) is 21.4 Å². The zero-order valence-corrected chi connectivity index (χ0v) is 14.6. The van der Waals surface area contributed by atoms with E-state index in [0.29, 0.717) is 11.4 Å². The van der Waals surface area contributed by atoms with Gasteiger partial charge in [-0.25, -0.2) is 13.1 Å². The molecular weight excluding hydrogens is 350 g/mol. The zero-order chi connectivity index (χ0) is 17.3. The Bertz CT molecular complexity index is 926. The number of aryl methyl sites for hydroxylation is 1. The molecule has 3 rings (SSSR count). The summed E-state index contributed by atoms with van der Waals surface area (Å²) in [6.45, 7) is 1.65. The highest BCUT2D eigenvalue weighted by Gasteiger charge is 2.28. The van der Waals surface area contributed by atoms with Gasteiger partial charge in [-0.05, 0) is 38.0 Å². The Kier molecular flexibility index (Phi) is 4.57. The number of rotatable bonds is 6. The number of hydrogen-bond donors (Lipinski definition) is 2. The van der Waals surface area contributed by atoms with E-state index in [4.69, 9.17) is 0 Å². The Labute approximate surface area is 143 Å². The van der Waals surface area contributed by atoms with E-state index in [1.54, 1.807) is 24.4 Å². The Balaban J connectivity index is 1.72. The first-order chi connectivity index (χ1) is 11.3. The summed E-state index contributed by atoms with van der Waals surface area (Å²) in [5.41, 5.74) is 1.09. The fourth-order valence-corrected chi connectivity index (χ4v) is 4.25. The average Bonchev–Trinajstić information content (AvgIpc) is 3.27. The maximum absolute atomic E-state index is 12.2. The molecule has 9 heteroatoms. The van der Waals surface area contributed by atoms with Gasteiger partial charge >= 0.3 is 4.87 Å². The third-order valence-electron chi connectivity index (χ3n) is 3.61. The van der Waals surface area contributed by atoms with Gasteiger partial charge in [0, 0.05) is 22.8 Å². The SMILES string of the molecule is Cc1csc(=O)n1CC(=O)Nc1cccc(S(=O)(=O)NC2CC2)c1. The lowest BCUT2D eigenvalue weighted by molar-refractivity contribution is -0.116. The van der Waals surface area contributed by atoms with Gasteiger partial charge in [0.15, 0.2) is 0 Å². The zero-order valence-electron chi connectivity index (χ0n) is 13.0. The highest BCUT2D eigenvalue weighted by atomic mass is 32.2. The lowest BCUT2D eigenvalue weighted by Gasteiger charge is -2.09. The number of nitrogens with one attached hydrogen (secondary N) is 2. The smallest absolute Gasteiger partial charge is 0.307 e. The number of carbonyl (C=O) groups excluding carboxylic acids is 1. The number of sulfonamides is 1. The second-order valence-corrected chi connectivity index (χ2v) is 8.24. The van der Waals surface area contributed by atoms with Crippen molar-refractivity contribution in [3.8, 4) is 0 Å². The van der Waals surface area contributed by atoms with Crippen molar-refractivity contribution in [3.63, 3.8) is 0 Å². The Morgan fingerprint density at radius 1 is 1.38 bits per heavy atom. The molecule has 0 radical (unpaired) electrons. The number of thiazole rings is 1. The van der Waals surface area contributed by atoms with Crippen LogP contribution in [0.1, 0.15) is 18.5 Å². The van der Waals surface area contributed by atoms with Gasteiger partial charge < -0.3 is 5.32 Å². The number of hydrogen-bond acceptors (Lipinski definition) is 5. The second kappa shape index (κ2) is 6.50. The molecule has 1 aliphatic rings. The van der Waals surface area contributed by atoms with Crippen LogP contribution in [0.4, 0.5) is 5.69 Å². The molecule has 0 aliphatic heterocycles. The minimum Gasteiger partial charge on any atom is -0.324 e. The van der Waals surface area contributed by atoms with Crippen molar-refractivity contribution in [3.05, 3.63) is 45.0 Å². The number of aromatic nitrogens is 1. The lowest BCUT2D eigenvalue weighted by Crippen LogP contribution is -2.26. The first-order valence-electron chi connectivity index (χ1n) is 7.42. The maximum atomic E-state index is 12.2. The second-order valence-electron chi connectivity index (χ2n) is 5.70. The number of amides is 1. The Morgan fingerprint density at radius 3 is 2.75 bits per heavy atom. The molecule has 1 heterocycles. The standard InChI is InChI=1S/C15H17N3O4S2/c1-10-9-23-15(20)18(10)8-14(19)16-12-3-2-4-13(7-12)24(21,22)17-11-5-6-11/h2-4,7,9,11,17H,5-6,8H2,1H3,(H,16,19). The predicted molar refractivity (Wildman–Crippen MR) is 91.7 cm³/mol. The third-order valence-corrected chi connectivity index (χ3v) is 6.00. The summed E-state index contributed by atoms with van der Waals surface area (Å²) in [5, 5.41) is 4.32. The molecule has 0 unspecified atom stereocenters. The number of benzene rings is 1. The van der Waals surface area contributed by atoms with Crippen LogP contribution >= 0.6 is 11.3 Å². The van der Waals surface area contributed by atoms with E-state index in [-0.39, 0.29) is 28.3 Å². The number of carbonyl (C=O) groups is 1. The molecule has 1 amide bonds. The summed E-state index contributed by atoms with van der Waals surface area (Å²) in [6.07, 6.45) is 1.70. The normalized spacial score (nSPS) is 14.5. The quantitative estimate of drug-likeness (QED) is 0.804. The summed E-state index contributed by atoms with van der Waals surface area (Å²) < 4.78 is 28.4. The Hall–Kier alpha value is -1.97. The highest BCUT2D eigenvalue weighted by molar-refractivity contribution is 7.89. The fraction of sp³-hybridized carbons (Fsp3) is 0.333. The van der Waals surface area contributed by atoms with Crippen LogP contribution in [0.15, 0.2) is 39.3 Å². The molecule has 1 aliphatic carbocycles. The van der Waals surface area contributed by atoms with E-state index in [1.807, 2.05) is 0 Å². The van der Waals surface area contributed by atoms with Gasteiger partial charge in [0.05, 0.1) is 4.90 Å². The van der Waals surface area contributed by atoms with E-state index in [0.717, 1.165) is 24.2 Å². The minimum atomic E-state index is -3.57. The third kappa shape index (κ3) is 3.92. The van der Waals surface area contributed by atoms with Gasteiger partial charge in [0.2, 0.25) is 15.9 Å². The van der Waals surface area contributed by atoms with Crippen LogP contribution in [0, 0.1) is 6.92 Å². The van der Waals surface area contributed by atoms with Gasteiger partial charge in [-0.2, -0.15) is 0 Å². The molecule has 2 N–H and O–H groups in total. The molecule has 128 valence electrons. The van der Waals surface area contributed by atoms with E-state index >= 15 is 0 Å². The molecule has 1 saturated carbocycles. The first kappa shape index (κ1) is 16.9. The number of nitrogens with zero attached hydrogens (tertiary/aromatic N) is 1.